The minimum atomic E-state index is -4.29. The van der Waals surface area contributed by atoms with Crippen molar-refractivity contribution < 1.29 is 22.5 Å². The maximum absolute atomic E-state index is 11.7. The second-order valence-corrected chi connectivity index (χ2v) is 5.94. The minimum absolute atomic E-state index is 0.271. The van der Waals surface area contributed by atoms with Gasteiger partial charge in [-0.1, -0.05) is 6.07 Å². The molecule has 0 aromatic heterocycles. The third-order valence-corrected chi connectivity index (χ3v) is 3.78. The Balaban J connectivity index is 1.96. The Morgan fingerprint density at radius 3 is 2.67 bits per heavy atom. The van der Waals surface area contributed by atoms with E-state index >= 15 is 0 Å². The van der Waals surface area contributed by atoms with Crippen LogP contribution in [0.1, 0.15) is 12.8 Å². The molecule has 1 aromatic rings. The van der Waals surface area contributed by atoms with E-state index in [0.717, 1.165) is 18.4 Å². The quantitative estimate of drug-likeness (QED) is 0.738. The molecule has 1 aliphatic heterocycles. The zero-order valence-corrected chi connectivity index (χ0v) is 12.0. The van der Waals surface area contributed by atoms with Crippen LogP contribution < -0.4 is 10.6 Å². The van der Waals surface area contributed by atoms with Gasteiger partial charge in [-0.15, -0.1) is 0 Å². The molecule has 0 spiro atoms. The molecule has 2 rings (SSSR count). The van der Waals surface area contributed by atoms with Gasteiger partial charge in [0.2, 0.25) is 0 Å². The molecule has 3 N–H and O–H groups in total. The number of carbonyl (C=O) groups excluding carboxylic acids is 1. The van der Waals surface area contributed by atoms with Crippen molar-refractivity contribution in [2.24, 2.45) is 0 Å². The van der Waals surface area contributed by atoms with Crippen molar-refractivity contribution in [3.05, 3.63) is 36.0 Å². The van der Waals surface area contributed by atoms with Crippen LogP contribution in [0.15, 0.2) is 40.9 Å². The zero-order chi connectivity index (χ0) is 15.3. The lowest BCUT2D eigenvalue weighted by Crippen LogP contribution is -2.25. The first-order valence-electron chi connectivity index (χ1n) is 6.36. The fourth-order valence-corrected chi connectivity index (χ4v) is 2.37. The van der Waals surface area contributed by atoms with Gasteiger partial charge < -0.3 is 15.4 Å². The second kappa shape index (κ2) is 6.70. The lowest BCUT2D eigenvalue weighted by atomic mass is 10.1. The fraction of sp³-hybridized carbons (Fsp3) is 0.308. The molecule has 1 saturated heterocycles. The van der Waals surface area contributed by atoms with Gasteiger partial charge in [-0.05, 0) is 36.6 Å². The van der Waals surface area contributed by atoms with Gasteiger partial charge in [0.25, 0.3) is 10.1 Å². The molecule has 0 bridgehead atoms. The molecular formula is C13H16N2O5S. The lowest BCUT2D eigenvalue weighted by Gasteiger charge is -2.14. The molecular weight excluding hydrogens is 296 g/mol. The summed E-state index contributed by atoms with van der Waals surface area (Å²) in [6.07, 6.45) is 3.18. The van der Waals surface area contributed by atoms with Crippen molar-refractivity contribution in [1.82, 2.24) is 5.32 Å². The van der Waals surface area contributed by atoms with Gasteiger partial charge in [0.15, 0.2) is 0 Å². The van der Waals surface area contributed by atoms with E-state index in [0.29, 0.717) is 13.2 Å². The standard InChI is InChI=1S/C13H16N2O5S/c16-13(14-9-10-4-6-20-7-5-10)15-11-2-1-3-12(8-11)21(17,18)19/h1-3,8-9H,4-7H2,(H2,14,15,16)(H,17,18,19). The van der Waals surface area contributed by atoms with Gasteiger partial charge in [-0.2, -0.15) is 8.42 Å². The highest BCUT2D eigenvalue weighted by Crippen LogP contribution is 2.15. The highest BCUT2D eigenvalue weighted by Gasteiger charge is 2.11. The van der Waals surface area contributed by atoms with Gasteiger partial charge in [0, 0.05) is 11.9 Å². The fourth-order valence-electron chi connectivity index (χ4n) is 1.85. The summed E-state index contributed by atoms with van der Waals surface area (Å²) in [6, 6.07) is 4.88. The molecule has 0 unspecified atom stereocenters. The smallest absolute Gasteiger partial charge is 0.323 e. The van der Waals surface area contributed by atoms with Crippen molar-refractivity contribution >= 4 is 21.8 Å². The van der Waals surface area contributed by atoms with Crippen LogP contribution >= 0.6 is 0 Å². The first-order valence-corrected chi connectivity index (χ1v) is 7.80. The van der Waals surface area contributed by atoms with E-state index in [9.17, 15) is 13.2 Å². The monoisotopic (exact) mass is 312 g/mol. The molecule has 8 heteroatoms. The number of hydrogen-bond acceptors (Lipinski definition) is 4. The van der Waals surface area contributed by atoms with Crippen LogP contribution in [0.2, 0.25) is 0 Å². The summed E-state index contributed by atoms with van der Waals surface area (Å²) in [5.74, 6) is 0. The molecule has 1 heterocycles. The van der Waals surface area contributed by atoms with Crippen molar-refractivity contribution in [2.45, 2.75) is 17.7 Å². The number of urea groups is 1. The number of anilines is 1. The highest BCUT2D eigenvalue weighted by molar-refractivity contribution is 7.85. The van der Waals surface area contributed by atoms with E-state index in [1.54, 1.807) is 6.20 Å². The van der Waals surface area contributed by atoms with Gasteiger partial charge in [0.1, 0.15) is 0 Å². The third-order valence-electron chi connectivity index (χ3n) is 2.93. The number of carbonyl (C=O) groups is 1. The molecule has 0 aliphatic carbocycles. The Hall–Kier alpha value is -1.90. The molecule has 21 heavy (non-hydrogen) atoms. The highest BCUT2D eigenvalue weighted by atomic mass is 32.2. The maximum Gasteiger partial charge on any atom is 0.323 e. The Labute approximate surface area is 122 Å². The van der Waals surface area contributed by atoms with Crippen LogP contribution in [0.25, 0.3) is 0 Å². The summed E-state index contributed by atoms with van der Waals surface area (Å²) in [6.45, 7) is 1.29. The predicted octanol–water partition coefficient (Wildman–Crippen LogP) is 1.75. The van der Waals surface area contributed by atoms with E-state index in [4.69, 9.17) is 9.29 Å². The number of amides is 2. The summed E-state index contributed by atoms with van der Waals surface area (Å²) in [5.41, 5.74) is 1.36. The normalized spacial score (nSPS) is 15.4. The molecule has 114 valence electrons. The second-order valence-electron chi connectivity index (χ2n) is 4.52. The van der Waals surface area contributed by atoms with E-state index in [2.05, 4.69) is 10.6 Å². The summed E-state index contributed by atoms with van der Waals surface area (Å²) >= 11 is 0. The summed E-state index contributed by atoms with van der Waals surface area (Å²) in [7, 11) is -4.29. The van der Waals surface area contributed by atoms with Crippen LogP contribution in [0, 0.1) is 0 Å². The molecule has 0 saturated carbocycles. The van der Waals surface area contributed by atoms with Crippen LogP contribution in [-0.2, 0) is 14.9 Å². The minimum Gasteiger partial charge on any atom is -0.381 e. The number of nitrogens with one attached hydrogen (secondary N) is 2. The molecule has 0 atom stereocenters. The van der Waals surface area contributed by atoms with Crippen molar-refractivity contribution in [3.63, 3.8) is 0 Å². The van der Waals surface area contributed by atoms with E-state index < -0.39 is 16.1 Å². The SMILES string of the molecule is O=C(NC=C1CCOCC1)Nc1cccc(S(=O)(=O)O)c1. The topological polar surface area (TPSA) is 105 Å². The molecule has 7 nitrogen and oxygen atoms in total. The maximum atomic E-state index is 11.7. The van der Waals surface area contributed by atoms with Crippen LogP contribution in [-0.4, -0.2) is 32.2 Å². The van der Waals surface area contributed by atoms with Crippen molar-refractivity contribution in [2.75, 3.05) is 18.5 Å². The van der Waals surface area contributed by atoms with E-state index in [1.807, 2.05) is 0 Å². The van der Waals surface area contributed by atoms with Crippen molar-refractivity contribution in [3.8, 4) is 0 Å². The number of rotatable bonds is 3. The molecule has 1 aromatic carbocycles. The van der Waals surface area contributed by atoms with Crippen LogP contribution in [0.4, 0.5) is 10.5 Å². The Kier molecular flexibility index (Phi) is 4.94. The molecule has 0 radical (unpaired) electrons. The molecule has 1 aliphatic rings. The van der Waals surface area contributed by atoms with Crippen molar-refractivity contribution in [1.29, 1.82) is 0 Å². The van der Waals surface area contributed by atoms with Crippen LogP contribution in [0.3, 0.4) is 0 Å². The Morgan fingerprint density at radius 1 is 1.29 bits per heavy atom. The third kappa shape index (κ3) is 4.85. The Morgan fingerprint density at radius 2 is 2.00 bits per heavy atom. The van der Waals surface area contributed by atoms with Gasteiger partial charge in [0.05, 0.1) is 18.1 Å². The average molecular weight is 312 g/mol. The molecule has 1 fully saturated rings. The van der Waals surface area contributed by atoms with Gasteiger partial charge in [-0.3, -0.25) is 4.55 Å². The predicted molar refractivity (Wildman–Crippen MR) is 76.5 cm³/mol. The van der Waals surface area contributed by atoms with Gasteiger partial charge >= 0.3 is 6.03 Å². The molecule has 2 amide bonds. The number of ether oxygens (including phenoxy) is 1. The van der Waals surface area contributed by atoms with E-state index in [1.165, 1.54) is 24.3 Å². The Bertz CT molecular complexity index is 646. The first-order chi connectivity index (χ1) is 9.95. The number of hydrogen-bond donors (Lipinski definition) is 3. The summed E-state index contributed by atoms with van der Waals surface area (Å²) < 4.78 is 36.2. The largest absolute Gasteiger partial charge is 0.381 e. The zero-order valence-electron chi connectivity index (χ0n) is 11.2. The van der Waals surface area contributed by atoms with Gasteiger partial charge in [-0.25, -0.2) is 4.79 Å². The van der Waals surface area contributed by atoms with E-state index in [-0.39, 0.29) is 10.6 Å². The lowest BCUT2D eigenvalue weighted by molar-refractivity contribution is 0.119. The first kappa shape index (κ1) is 15.5. The summed E-state index contributed by atoms with van der Waals surface area (Å²) in [4.78, 5) is 11.4. The average Bonchev–Trinajstić information content (AvgIpc) is 2.46. The van der Waals surface area contributed by atoms with Crippen LogP contribution in [0.5, 0.6) is 0 Å². The summed E-state index contributed by atoms with van der Waals surface area (Å²) in [5, 5.41) is 5.07. The number of benzene rings is 1.